The van der Waals surface area contributed by atoms with Crippen molar-refractivity contribution in [2.45, 2.75) is 25.3 Å². The molecule has 0 amide bonds. The van der Waals surface area contributed by atoms with E-state index in [2.05, 4.69) is 21.3 Å². The maximum atomic E-state index is 8.74. The number of likely N-dealkylation sites (N-methyl/N-ethyl adjacent to an activating group) is 1. The minimum Gasteiger partial charge on any atom is -0.366 e. The number of hydrogen-bond donors (Lipinski definition) is 1. The largest absolute Gasteiger partial charge is 0.366 e. The van der Waals surface area contributed by atoms with E-state index in [0.717, 1.165) is 18.8 Å². The average molecular weight is 230 g/mol. The van der Waals surface area contributed by atoms with Crippen LogP contribution in [-0.2, 0) is 0 Å². The number of aromatic nitrogens is 1. The second-order valence-corrected chi connectivity index (χ2v) is 4.41. The summed E-state index contributed by atoms with van der Waals surface area (Å²) in [5.41, 5.74) is 1.61. The molecule has 1 fully saturated rings. The molecule has 1 N–H and O–H groups in total. The van der Waals surface area contributed by atoms with Crippen LogP contribution >= 0.6 is 0 Å². The summed E-state index contributed by atoms with van der Waals surface area (Å²) in [5, 5.41) is 12.0. The topological polar surface area (TPSA) is 52.0 Å². The van der Waals surface area contributed by atoms with Crippen molar-refractivity contribution >= 4 is 5.69 Å². The van der Waals surface area contributed by atoms with E-state index in [0.29, 0.717) is 11.7 Å². The molecular weight excluding hydrogens is 212 g/mol. The molecule has 1 unspecified atom stereocenters. The van der Waals surface area contributed by atoms with E-state index in [4.69, 9.17) is 5.26 Å². The van der Waals surface area contributed by atoms with E-state index in [1.807, 2.05) is 19.3 Å². The Balaban J connectivity index is 2.14. The quantitative estimate of drug-likeness (QED) is 0.855. The van der Waals surface area contributed by atoms with E-state index in [9.17, 15) is 0 Å². The highest BCUT2D eigenvalue weighted by Crippen LogP contribution is 2.23. The SMILES string of the molecule is CNCC1CCCCN1c1ccc(C#N)nc1. The number of rotatable bonds is 3. The average Bonchev–Trinajstić information content (AvgIpc) is 2.40. The van der Waals surface area contributed by atoms with Gasteiger partial charge in [-0.3, -0.25) is 0 Å². The van der Waals surface area contributed by atoms with Crippen LogP contribution in [0.15, 0.2) is 18.3 Å². The molecule has 2 heterocycles. The van der Waals surface area contributed by atoms with Crippen LogP contribution in [0.2, 0.25) is 0 Å². The molecule has 0 aromatic carbocycles. The van der Waals surface area contributed by atoms with Crippen molar-refractivity contribution in [3.63, 3.8) is 0 Å². The molecule has 0 bridgehead atoms. The molecule has 1 saturated heterocycles. The molecule has 4 nitrogen and oxygen atoms in total. The molecule has 0 aliphatic carbocycles. The molecule has 0 saturated carbocycles. The van der Waals surface area contributed by atoms with Gasteiger partial charge in [0.15, 0.2) is 0 Å². The van der Waals surface area contributed by atoms with Crippen molar-refractivity contribution in [2.75, 3.05) is 25.0 Å². The highest BCUT2D eigenvalue weighted by atomic mass is 15.2. The van der Waals surface area contributed by atoms with Crippen molar-refractivity contribution in [1.82, 2.24) is 10.3 Å². The number of anilines is 1. The zero-order chi connectivity index (χ0) is 12.1. The summed E-state index contributed by atoms with van der Waals surface area (Å²) >= 11 is 0. The molecule has 1 aliphatic rings. The van der Waals surface area contributed by atoms with Gasteiger partial charge < -0.3 is 10.2 Å². The van der Waals surface area contributed by atoms with Crippen LogP contribution in [-0.4, -0.2) is 31.2 Å². The predicted octanol–water partition coefficient (Wildman–Crippen LogP) is 1.53. The van der Waals surface area contributed by atoms with Crippen LogP contribution in [0.4, 0.5) is 5.69 Å². The van der Waals surface area contributed by atoms with Crippen LogP contribution < -0.4 is 10.2 Å². The molecule has 4 heteroatoms. The lowest BCUT2D eigenvalue weighted by atomic mass is 10.0. The molecule has 17 heavy (non-hydrogen) atoms. The first-order chi connectivity index (χ1) is 8.35. The van der Waals surface area contributed by atoms with Crippen molar-refractivity contribution in [1.29, 1.82) is 5.26 Å². The van der Waals surface area contributed by atoms with Gasteiger partial charge in [0.1, 0.15) is 11.8 Å². The van der Waals surface area contributed by atoms with E-state index < -0.39 is 0 Å². The van der Waals surface area contributed by atoms with E-state index >= 15 is 0 Å². The Hall–Kier alpha value is -1.60. The lowest BCUT2D eigenvalue weighted by molar-refractivity contribution is 0.446. The number of nitrogens with one attached hydrogen (secondary N) is 1. The molecule has 1 aromatic heterocycles. The summed E-state index contributed by atoms with van der Waals surface area (Å²) in [6, 6.07) is 6.39. The summed E-state index contributed by atoms with van der Waals surface area (Å²) in [4.78, 5) is 6.54. The Labute approximate surface area is 102 Å². The third kappa shape index (κ3) is 2.75. The van der Waals surface area contributed by atoms with Crippen LogP contribution in [0.1, 0.15) is 25.0 Å². The molecule has 1 aromatic rings. The zero-order valence-electron chi connectivity index (χ0n) is 10.2. The van der Waals surface area contributed by atoms with Gasteiger partial charge in [0.2, 0.25) is 0 Å². The molecular formula is C13H18N4. The normalized spacial score (nSPS) is 20.0. The maximum Gasteiger partial charge on any atom is 0.140 e. The number of pyridine rings is 1. The fourth-order valence-electron chi connectivity index (χ4n) is 2.41. The molecule has 0 radical (unpaired) electrons. The van der Waals surface area contributed by atoms with E-state index in [1.54, 1.807) is 6.07 Å². The Morgan fingerprint density at radius 3 is 3.06 bits per heavy atom. The Morgan fingerprint density at radius 2 is 2.41 bits per heavy atom. The Bertz CT molecular complexity index is 391. The van der Waals surface area contributed by atoms with Crippen molar-refractivity contribution < 1.29 is 0 Å². The van der Waals surface area contributed by atoms with Gasteiger partial charge in [0.25, 0.3) is 0 Å². The Kier molecular flexibility index (Phi) is 3.94. The standard InChI is InChI=1S/C13H18N4/c1-15-9-12-4-2-3-7-17(12)13-6-5-11(8-14)16-10-13/h5-6,10,12,15H,2-4,7,9H2,1H3. The maximum absolute atomic E-state index is 8.74. The summed E-state index contributed by atoms with van der Waals surface area (Å²) in [7, 11) is 1.99. The highest BCUT2D eigenvalue weighted by molar-refractivity contribution is 5.47. The molecule has 0 spiro atoms. The third-order valence-electron chi connectivity index (χ3n) is 3.26. The fourth-order valence-corrected chi connectivity index (χ4v) is 2.41. The first-order valence-corrected chi connectivity index (χ1v) is 6.12. The van der Waals surface area contributed by atoms with Crippen LogP contribution in [0.3, 0.4) is 0 Å². The third-order valence-corrected chi connectivity index (χ3v) is 3.26. The number of piperidine rings is 1. The van der Waals surface area contributed by atoms with Gasteiger partial charge in [-0.05, 0) is 38.4 Å². The van der Waals surface area contributed by atoms with Crippen LogP contribution in [0.25, 0.3) is 0 Å². The van der Waals surface area contributed by atoms with Gasteiger partial charge >= 0.3 is 0 Å². The van der Waals surface area contributed by atoms with Crippen LogP contribution in [0.5, 0.6) is 0 Å². The van der Waals surface area contributed by atoms with Gasteiger partial charge in [-0.25, -0.2) is 4.98 Å². The lowest BCUT2D eigenvalue weighted by Crippen LogP contribution is -2.45. The van der Waals surface area contributed by atoms with E-state index in [1.165, 1.54) is 19.3 Å². The zero-order valence-corrected chi connectivity index (χ0v) is 10.2. The summed E-state index contributed by atoms with van der Waals surface area (Å²) in [5.74, 6) is 0. The van der Waals surface area contributed by atoms with Gasteiger partial charge in [0.05, 0.1) is 11.9 Å². The summed E-state index contributed by atoms with van der Waals surface area (Å²) in [6.45, 7) is 2.08. The predicted molar refractivity (Wildman–Crippen MR) is 67.9 cm³/mol. The number of nitrogens with zero attached hydrogens (tertiary/aromatic N) is 3. The molecule has 1 atom stereocenters. The fraction of sp³-hybridized carbons (Fsp3) is 0.538. The smallest absolute Gasteiger partial charge is 0.140 e. The lowest BCUT2D eigenvalue weighted by Gasteiger charge is -2.37. The summed E-state index contributed by atoms with van der Waals surface area (Å²) < 4.78 is 0. The van der Waals surface area contributed by atoms with E-state index in [-0.39, 0.29) is 0 Å². The second-order valence-electron chi connectivity index (χ2n) is 4.41. The van der Waals surface area contributed by atoms with Gasteiger partial charge in [-0.2, -0.15) is 5.26 Å². The molecule has 2 rings (SSSR count). The molecule has 1 aliphatic heterocycles. The first-order valence-electron chi connectivity index (χ1n) is 6.12. The van der Waals surface area contributed by atoms with Crippen LogP contribution in [0, 0.1) is 11.3 Å². The van der Waals surface area contributed by atoms with Gasteiger partial charge in [-0.15, -0.1) is 0 Å². The number of hydrogen-bond acceptors (Lipinski definition) is 4. The second kappa shape index (κ2) is 5.65. The van der Waals surface area contributed by atoms with Crippen molar-refractivity contribution in [3.05, 3.63) is 24.0 Å². The van der Waals surface area contributed by atoms with Gasteiger partial charge in [0, 0.05) is 19.1 Å². The Morgan fingerprint density at radius 1 is 1.53 bits per heavy atom. The van der Waals surface area contributed by atoms with Crippen molar-refractivity contribution in [2.24, 2.45) is 0 Å². The minimum absolute atomic E-state index is 0.482. The molecule has 90 valence electrons. The first kappa shape index (κ1) is 11.9. The van der Waals surface area contributed by atoms with Crippen molar-refractivity contribution in [3.8, 4) is 6.07 Å². The minimum atomic E-state index is 0.482. The number of nitriles is 1. The summed E-state index contributed by atoms with van der Waals surface area (Å²) in [6.07, 6.45) is 5.57. The van der Waals surface area contributed by atoms with Gasteiger partial charge in [-0.1, -0.05) is 0 Å². The highest BCUT2D eigenvalue weighted by Gasteiger charge is 2.21. The monoisotopic (exact) mass is 230 g/mol.